The van der Waals surface area contributed by atoms with E-state index in [1.807, 2.05) is 15.7 Å². The van der Waals surface area contributed by atoms with Crippen LogP contribution in [0.5, 0.6) is 0 Å². The van der Waals surface area contributed by atoms with Crippen LogP contribution in [-0.2, 0) is 11.3 Å². The number of carbonyl (C=O) groups excluding carboxylic acids is 1. The number of hydrogen-bond acceptors (Lipinski definition) is 3. The van der Waals surface area contributed by atoms with Crippen LogP contribution < -0.4 is 5.73 Å². The van der Waals surface area contributed by atoms with Gasteiger partial charge in [0.2, 0.25) is 5.91 Å². The Kier molecular flexibility index (Phi) is 3.78. The van der Waals surface area contributed by atoms with Crippen molar-refractivity contribution in [3.8, 4) is 0 Å². The van der Waals surface area contributed by atoms with Gasteiger partial charge in [0.05, 0.1) is 6.33 Å². The van der Waals surface area contributed by atoms with Gasteiger partial charge in [-0.05, 0) is 12.3 Å². The average Bonchev–Trinajstić information content (AvgIpc) is 2.77. The largest absolute Gasteiger partial charge is 0.341 e. The van der Waals surface area contributed by atoms with Crippen molar-refractivity contribution in [1.82, 2.24) is 14.5 Å². The fourth-order valence-corrected chi connectivity index (χ4v) is 2.41. The number of amides is 1. The maximum atomic E-state index is 12.0. The molecule has 17 heavy (non-hydrogen) atoms. The van der Waals surface area contributed by atoms with Crippen LogP contribution >= 0.6 is 0 Å². The zero-order valence-electron chi connectivity index (χ0n) is 10.2. The Balaban J connectivity index is 1.83. The highest BCUT2D eigenvalue weighted by Crippen LogP contribution is 2.15. The molecule has 1 saturated heterocycles. The maximum absolute atomic E-state index is 12.0. The fraction of sp³-hybridized carbons (Fsp3) is 0.667. The molecular formula is C12H20N4O. The van der Waals surface area contributed by atoms with E-state index in [1.54, 1.807) is 12.5 Å². The lowest BCUT2D eigenvalue weighted by atomic mass is 9.96. The molecule has 5 nitrogen and oxygen atoms in total. The number of aryl methyl sites for hydroxylation is 1. The normalized spacial score (nSPS) is 24.9. The van der Waals surface area contributed by atoms with Crippen molar-refractivity contribution >= 4 is 5.91 Å². The molecule has 0 aromatic carbocycles. The molecule has 0 radical (unpaired) electrons. The summed E-state index contributed by atoms with van der Waals surface area (Å²) in [5.41, 5.74) is 5.93. The third kappa shape index (κ3) is 3.30. The van der Waals surface area contributed by atoms with Crippen LogP contribution in [-0.4, -0.2) is 39.5 Å². The van der Waals surface area contributed by atoms with E-state index >= 15 is 0 Å². The van der Waals surface area contributed by atoms with Gasteiger partial charge in [0.15, 0.2) is 0 Å². The topological polar surface area (TPSA) is 64.2 Å². The van der Waals surface area contributed by atoms with Crippen LogP contribution in [0.25, 0.3) is 0 Å². The van der Waals surface area contributed by atoms with E-state index in [0.717, 1.165) is 13.0 Å². The molecule has 2 N–H and O–H groups in total. The number of carbonyl (C=O) groups is 1. The van der Waals surface area contributed by atoms with E-state index in [9.17, 15) is 4.79 Å². The van der Waals surface area contributed by atoms with Crippen molar-refractivity contribution in [3.63, 3.8) is 0 Å². The summed E-state index contributed by atoms with van der Waals surface area (Å²) in [6.45, 7) is 4.39. The van der Waals surface area contributed by atoms with Gasteiger partial charge in [-0.1, -0.05) is 6.92 Å². The lowest BCUT2D eigenvalue weighted by Crippen LogP contribution is -2.48. The summed E-state index contributed by atoms with van der Waals surface area (Å²) < 4.78 is 1.92. The van der Waals surface area contributed by atoms with Crippen LogP contribution in [0.1, 0.15) is 19.8 Å². The number of hydrogen-bond donors (Lipinski definition) is 1. The van der Waals surface area contributed by atoms with Crippen LogP contribution in [0.4, 0.5) is 0 Å². The third-order valence-electron chi connectivity index (χ3n) is 3.19. The first kappa shape index (κ1) is 12.1. The predicted molar refractivity (Wildman–Crippen MR) is 65.2 cm³/mol. The molecule has 0 saturated carbocycles. The van der Waals surface area contributed by atoms with Gasteiger partial charge < -0.3 is 15.2 Å². The smallest absolute Gasteiger partial charge is 0.224 e. The first-order chi connectivity index (χ1) is 8.15. The van der Waals surface area contributed by atoms with Crippen molar-refractivity contribution in [2.24, 2.45) is 11.7 Å². The highest BCUT2D eigenvalue weighted by molar-refractivity contribution is 5.76. The Labute approximate surface area is 102 Å². The van der Waals surface area contributed by atoms with E-state index in [4.69, 9.17) is 5.73 Å². The Morgan fingerprint density at radius 1 is 1.53 bits per heavy atom. The average molecular weight is 236 g/mol. The van der Waals surface area contributed by atoms with Gasteiger partial charge in [0.1, 0.15) is 0 Å². The number of nitrogens with two attached hydrogens (primary N) is 1. The van der Waals surface area contributed by atoms with Crippen molar-refractivity contribution in [3.05, 3.63) is 18.7 Å². The summed E-state index contributed by atoms with van der Waals surface area (Å²) in [7, 11) is 0. The molecule has 2 rings (SSSR count). The van der Waals surface area contributed by atoms with Gasteiger partial charge >= 0.3 is 0 Å². The minimum atomic E-state index is 0.135. The Bertz CT molecular complexity index is 353. The van der Waals surface area contributed by atoms with Crippen LogP contribution in [0, 0.1) is 5.92 Å². The third-order valence-corrected chi connectivity index (χ3v) is 3.19. The highest BCUT2D eigenvalue weighted by Gasteiger charge is 2.25. The summed E-state index contributed by atoms with van der Waals surface area (Å²) in [5, 5.41) is 0. The van der Waals surface area contributed by atoms with E-state index < -0.39 is 0 Å². The van der Waals surface area contributed by atoms with Gasteiger partial charge in [0.25, 0.3) is 0 Å². The SMILES string of the molecule is CC1CC(N)CN(C(=O)CCn2ccnc2)C1. The summed E-state index contributed by atoms with van der Waals surface area (Å²) in [4.78, 5) is 17.9. The number of rotatable bonds is 3. The molecule has 0 bridgehead atoms. The molecule has 1 aromatic heterocycles. The molecule has 2 atom stereocenters. The molecule has 0 aliphatic carbocycles. The van der Waals surface area contributed by atoms with Gasteiger partial charge in [-0.15, -0.1) is 0 Å². The molecule has 1 aromatic rings. The fourth-order valence-electron chi connectivity index (χ4n) is 2.41. The van der Waals surface area contributed by atoms with Crippen molar-refractivity contribution in [2.45, 2.75) is 32.4 Å². The van der Waals surface area contributed by atoms with Gasteiger partial charge in [-0.25, -0.2) is 4.98 Å². The molecule has 2 unspecified atom stereocenters. The number of aromatic nitrogens is 2. The van der Waals surface area contributed by atoms with E-state index in [1.165, 1.54) is 0 Å². The Hall–Kier alpha value is -1.36. The van der Waals surface area contributed by atoms with Crippen LogP contribution in [0.3, 0.4) is 0 Å². The lowest BCUT2D eigenvalue weighted by Gasteiger charge is -2.34. The number of nitrogens with zero attached hydrogens (tertiary/aromatic N) is 3. The molecule has 2 heterocycles. The molecule has 1 fully saturated rings. The molecule has 1 aliphatic heterocycles. The van der Waals surface area contributed by atoms with E-state index in [0.29, 0.717) is 25.4 Å². The number of likely N-dealkylation sites (tertiary alicyclic amines) is 1. The zero-order valence-corrected chi connectivity index (χ0v) is 10.2. The molecule has 5 heteroatoms. The second kappa shape index (κ2) is 5.31. The molecular weight excluding hydrogens is 216 g/mol. The van der Waals surface area contributed by atoms with E-state index in [2.05, 4.69) is 11.9 Å². The van der Waals surface area contributed by atoms with Gasteiger partial charge in [-0.2, -0.15) is 0 Å². The van der Waals surface area contributed by atoms with Crippen molar-refractivity contribution < 1.29 is 4.79 Å². The Morgan fingerprint density at radius 2 is 2.35 bits per heavy atom. The number of imidazole rings is 1. The summed E-state index contributed by atoms with van der Waals surface area (Å²) in [5.74, 6) is 0.705. The zero-order chi connectivity index (χ0) is 12.3. The maximum Gasteiger partial charge on any atom is 0.224 e. The molecule has 0 spiro atoms. The summed E-state index contributed by atoms with van der Waals surface area (Å²) in [6, 6.07) is 0.135. The van der Waals surface area contributed by atoms with Gasteiger partial charge in [0, 0.05) is 44.5 Å². The molecule has 94 valence electrons. The predicted octanol–water partition coefficient (Wildman–Crippen LogP) is 0.469. The number of piperidine rings is 1. The lowest BCUT2D eigenvalue weighted by molar-refractivity contribution is -0.133. The van der Waals surface area contributed by atoms with Gasteiger partial charge in [-0.3, -0.25) is 4.79 Å². The highest BCUT2D eigenvalue weighted by atomic mass is 16.2. The standard InChI is InChI=1S/C12H20N4O/c1-10-6-11(13)8-16(7-10)12(17)2-4-15-5-3-14-9-15/h3,5,9-11H,2,4,6-8,13H2,1H3. The van der Waals surface area contributed by atoms with E-state index in [-0.39, 0.29) is 11.9 Å². The molecule has 1 aliphatic rings. The van der Waals surface area contributed by atoms with Crippen molar-refractivity contribution in [2.75, 3.05) is 13.1 Å². The first-order valence-corrected chi connectivity index (χ1v) is 6.14. The van der Waals surface area contributed by atoms with Crippen LogP contribution in [0.15, 0.2) is 18.7 Å². The summed E-state index contributed by atoms with van der Waals surface area (Å²) in [6.07, 6.45) is 6.88. The van der Waals surface area contributed by atoms with Crippen molar-refractivity contribution in [1.29, 1.82) is 0 Å². The van der Waals surface area contributed by atoms with Crippen LogP contribution in [0.2, 0.25) is 0 Å². The second-order valence-corrected chi connectivity index (χ2v) is 4.95. The minimum Gasteiger partial charge on any atom is -0.341 e. The second-order valence-electron chi connectivity index (χ2n) is 4.95. The molecule has 1 amide bonds. The quantitative estimate of drug-likeness (QED) is 0.829. The minimum absolute atomic E-state index is 0.135. The monoisotopic (exact) mass is 236 g/mol. The Morgan fingerprint density at radius 3 is 3.00 bits per heavy atom. The summed E-state index contributed by atoms with van der Waals surface area (Å²) >= 11 is 0. The first-order valence-electron chi connectivity index (χ1n) is 6.14.